The monoisotopic (exact) mass is 635 g/mol. The first-order valence-electron chi connectivity index (χ1n) is 15.7. The van der Waals surface area contributed by atoms with E-state index in [1.54, 1.807) is 45.2 Å². The van der Waals surface area contributed by atoms with Gasteiger partial charge in [-0.1, -0.05) is 37.6 Å². The number of halogens is 3. The number of nitrogens with one attached hydrogen (secondary N) is 2. The third kappa shape index (κ3) is 9.62. The number of likely N-dealkylation sites (tertiary alicyclic amines) is 1. The van der Waals surface area contributed by atoms with Crippen molar-refractivity contribution in [1.29, 1.82) is 5.26 Å². The molecule has 2 N–H and O–H groups in total. The molecule has 4 rings (SSSR count). The first-order valence-corrected chi connectivity index (χ1v) is 15.7. The molecule has 46 heavy (non-hydrogen) atoms. The molecule has 1 atom stereocenters. The van der Waals surface area contributed by atoms with Crippen molar-refractivity contribution in [2.75, 3.05) is 13.1 Å². The molecule has 1 amide bonds. The second-order valence-electron chi connectivity index (χ2n) is 12.4. The van der Waals surface area contributed by atoms with Crippen molar-refractivity contribution in [3.05, 3.63) is 76.4 Å². The van der Waals surface area contributed by atoms with Crippen molar-refractivity contribution in [2.45, 2.75) is 90.5 Å². The number of amidine groups is 1. The molecule has 0 saturated carbocycles. The molecule has 1 unspecified atom stereocenters. The van der Waals surface area contributed by atoms with E-state index in [1.807, 2.05) is 17.0 Å². The molecule has 2 aromatic rings. The number of hydrogen-bond donors (Lipinski definition) is 2. The Kier molecular flexibility index (Phi) is 11.5. The number of nitriles is 1. The molecule has 2 heterocycles. The maximum Gasteiger partial charge on any atom is -0.0588 e. The Morgan fingerprint density at radius 3 is 2.50 bits per heavy atom. The van der Waals surface area contributed by atoms with Crippen LogP contribution in [0.25, 0.3) is 5.70 Å². The van der Waals surface area contributed by atoms with E-state index in [9.17, 15) is 18.0 Å². The molecule has 0 radical (unpaired) electrons. The van der Waals surface area contributed by atoms with Crippen molar-refractivity contribution in [3.63, 3.8) is 0 Å². The number of alkyl carbamates (subject to hydrolysis) is 1. The third-order valence-electron chi connectivity index (χ3n) is 7.80. The quantitative estimate of drug-likeness (QED) is 0.220. The summed E-state index contributed by atoms with van der Waals surface area (Å²) in [6.45, 7) is 8.14. The van der Waals surface area contributed by atoms with E-state index in [-0.39, 0.29) is 30.3 Å². The van der Waals surface area contributed by atoms with Crippen LogP contribution in [0.3, 0.4) is 0 Å². The zero-order valence-electron chi connectivity index (χ0n) is 26.8. The van der Waals surface area contributed by atoms with Gasteiger partial charge in [0.1, 0.15) is 0 Å². The van der Waals surface area contributed by atoms with E-state index in [4.69, 9.17) is 14.7 Å². The fourth-order valence-corrected chi connectivity index (χ4v) is 5.60. The summed E-state index contributed by atoms with van der Waals surface area (Å²) in [7, 11) is 1.14. The molecular weight excluding hydrogens is 594 g/mol. The van der Waals surface area contributed by atoms with Crippen molar-refractivity contribution in [3.8, 4) is 6.26 Å². The van der Waals surface area contributed by atoms with Gasteiger partial charge in [-0.15, -0.1) is 0 Å². The van der Waals surface area contributed by atoms with Gasteiger partial charge in [-0.05, 0) is 24.0 Å². The van der Waals surface area contributed by atoms with Gasteiger partial charge in [0, 0.05) is 0 Å². The molecule has 0 bridgehead atoms. The Morgan fingerprint density at radius 1 is 1.13 bits per heavy atom. The fraction of sp³-hybridized carbons (Fsp3) is 0.471. The molecule has 244 valence electrons. The average molecular weight is 636 g/mol. The number of rotatable bonds is 11. The molecule has 8 nitrogen and oxygen atoms in total. The summed E-state index contributed by atoms with van der Waals surface area (Å²) in [5.41, 5.74) is 2.25. The van der Waals surface area contributed by atoms with Crippen LogP contribution in [0.4, 0.5) is 18.0 Å². The van der Waals surface area contributed by atoms with Crippen LogP contribution in [-0.2, 0) is 34.8 Å². The van der Waals surface area contributed by atoms with Gasteiger partial charge >= 0.3 is 208 Å². The molecule has 2 aliphatic rings. The van der Waals surface area contributed by atoms with Crippen LogP contribution in [0, 0.1) is 11.5 Å². The molecule has 0 aliphatic carbocycles. The first kappa shape index (κ1) is 34.6. The van der Waals surface area contributed by atoms with Gasteiger partial charge in [-0.3, -0.25) is 0 Å². The molecule has 2 aliphatic heterocycles. The smallest absolute Gasteiger partial charge is 0.0588 e. The van der Waals surface area contributed by atoms with Gasteiger partial charge in [0.15, 0.2) is 0 Å². The van der Waals surface area contributed by atoms with Crippen LogP contribution in [-0.4, -0.2) is 54.4 Å². The molecule has 1 fully saturated rings. The number of carbonyl (C=O) groups is 1. The molecule has 2 aromatic carbocycles. The normalized spacial score (nSPS) is 16.9. The summed E-state index contributed by atoms with van der Waals surface area (Å²) in [6.07, 6.45) is 3.51. The van der Waals surface area contributed by atoms with Gasteiger partial charge in [-0.2, -0.15) is 0 Å². The van der Waals surface area contributed by atoms with E-state index in [1.165, 1.54) is 11.6 Å². The molecule has 12 heteroatoms. The van der Waals surface area contributed by atoms with E-state index in [0.29, 0.717) is 36.5 Å². The zero-order chi connectivity index (χ0) is 33.3. The predicted octanol–water partition coefficient (Wildman–Crippen LogP) is 6.37. The second kappa shape index (κ2) is 15.3. The summed E-state index contributed by atoms with van der Waals surface area (Å²) in [5, 5.41) is 14.9. The number of aliphatic imine (C=N–C) groups is 1. The van der Waals surface area contributed by atoms with Crippen molar-refractivity contribution < 1.29 is 27.4 Å². The maximum atomic E-state index is 14.3. The predicted molar refractivity (Wildman–Crippen MR) is 174 cm³/mol. The van der Waals surface area contributed by atoms with E-state index in [0.717, 1.165) is 38.4 Å². The molecule has 0 aromatic heterocycles. The molecule has 1 saturated heterocycles. The van der Waals surface area contributed by atoms with E-state index in [2.05, 4.69) is 34.7 Å². The van der Waals surface area contributed by atoms with Crippen LogP contribution >= 0.6 is 0 Å². The SMILES string of the molecule is CCCCc1ccc(CCc2ccc(C3=CCN=C(C4CCCN4C(=BOC#N)NC(=O)OC(C)(C)C)N3)cc2C(F)(F)F)cc1. The van der Waals surface area contributed by atoms with Gasteiger partial charge in [0.05, 0.1) is 0 Å². The number of aryl methyl sites for hydroxylation is 3. The summed E-state index contributed by atoms with van der Waals surface area (Å²) in [4.78, 5) is 19.0. The number of amides is 1. The van der Waals surface area contributed by atoms with Gasteiger partial charge in [0.25, 0.3) is 0 Å². The molecular formula is C34H41BF3N5O3. The number of nitrogens with zero attached hydrogens (tertiary/aromatic N) is 3. The summed E-state index contributed by atoms with van der Waals surface area (Å²) in [5.74, 6) is 0.545. The minimum atomic E-state index is -4.52. The van der Waals surface area contributed by atoms with Crippen LogP contribution in [0.2, 0.25) is 0 Å². The largest absolute Gasteiger partial charge is 0.0588 e. The Balaban J connectivity index is 1.49. The number of carbonyl (C=O) groups excluding carboxylic acids is 1. The Hall–Kier alpha value is -4.27. The van der Waals surface area contributed by atoms with Gasteiger partial charge in [0.2, 0.25) is 0 Å². The number of unbranched alkanes of at least 4 members (excludes halogenated alkanes) is 1. The Bertz CT molecular complexity index is 1510. The topological polar surface area (TPSA) is 99.0 Å². The standard InChI is InChI=1S/C34H41BF3N5O3/c1-5-6-8-23-10-12-24(13-11-23)14-15-25-16-17-26(21-27(25)34(36,37)38)28-18-19-40-30(41-28)29-9-7-20-43(29)31(35-45-22-39)42-32(44)46-33(2,3)4/h10-13,16-18,21,29H,5-9,14-15,19-20H2,1-4H3,(H,40,41)(H,42,44). The van der Waals surface area contributed by atoms with Crippen LogP contribution < -0.4 is 10.6 Å². The van der Waals surface area contributed by atoms with Crippen molar-refractivity contribution in [2.24, 2.45) is 4.99 Å². The minimum absolute atomic E-state index is 0.221. The van der Waals surface area contributed by atoms with Crippen LogP contribution in [0.5, 0.6) is 0 Å². The van der Waals surface area contributed by atoms with Crippen LogP contribution in [0.15, 0.2) is 53.5 Å². The van der Waals surface area contributed by atoms with Gasteiger partial charge < -0.3 is 0 Å². The summed E-state index contributed by atoms with van der Waals surface area (Å²) >= 11 is 0. The van der Waals surface area contributed by atoms with Crippen LogP contribution in [0.1, 0.15) is 81.2 Å². The first-order chi connectivity index (χ1) is 21.9. The van der Waals surface area contributed by atoms with E-state index < -0.39 is 23.4 Å². The van der Waals surface area contributed by atoms with E-state index >= 15 is 0 Å². The summed E-state index contributed by atoms with van der Waals surface area (Å²) in [6, 6.07) is 12.3. The van der Waals surface area contributed by atoms with Crippen molar-refractivity contribution >= 4 is 30.5 Å². The molecule has 0 spiro atoms. The zero-order valence-corrected chi connectivity index (χ0v) is 26.8. The maximum absolute atomic E-state index is 14.3. The van der Waals surface area contributed by atoms with Crippen molar-refractivity contribution in [1.82, 2.24) is 15.5 Å². The number of ether oxygens (including phenoxy) is 1. The second-order valence-corrected chi connectivity index (χ2v) is 12.4. The number of alkyl halides is 3. The minimum Gasteiger partial charge on any atom is -0.0588 e. The average Bonchev–Trinajstić information content (AvgIpc) is 3.50. The van der Waals surface area contributed by atoms with Gasteiger partial charge in [-0.25, -0.2) is 0 Å². The Morgan fingerprint density at radius 2 is 1.85 bits per heavy atom. The fourth-order valence-electron chi connectivity index (χ4n) is 5.60. The number of hydrogen-bond acceptors (Lipinski definition) is 7. The Labute approximate surface area is 269 Å². The third-order valence-corrected chi connectivity index (χ3v) is 7.80. The number of benzene rings is 2. The summed E-state index contributed by atoms with van der Waals surface area (Å²) < 4.78 is 53.1.